The smallest absolute Gasteiger partial charge is 0.244 e. The van der Waals surface area contributed by atoms with Crippen LogP contribution in [-0.4, -0.2) is 38.9 Å². The van der Waals surface area contributed by atoms with Crippen molar-refractivity contribution in [1.29, 1.82) is 0 Å². The minimum atomic E-state index is -0.248. The van der Waals surface area contributed by atoms with Crippen molar-refractivity contribution in [3.8, 4) is 0 Å². The molecule has 0 aliphatic carbocycles. The van der Waals surface area contributed by atoms with Crippen molar-refractivity contribution in [3.63, 3.8) is 0 Å². The lowest BCUT2D eigenvalue weighted by atomic mass is 10.1. The number of fused-ring (bicyclic) bond motifs is 2. The van der Waals surface area contributed by atoms with Crippen molar-refractivity contribution in [1.82, 2.24) is 24.8 Å². The van der Waals surface area contributed by atoms with Crippen molar-refractivity contribution < 1.29 is 4.79 Å². The van der Waals surface area contributed by atoms with Gasteiger partial charge in [0.1, 0.15) is 6.04 Å². The van der Waals surface area contributed by atoms with Gasteiger partial charge in [0, 0.05) is 38.3 Å². The predicted octanol–water partition coefficient (Wildman–Crippen LogP) is 1.73. The number of nitrogens with one attached hydrogen (secondary N) is 1. The molecule has 0 saturated carbocycles. The fourth-order valence-corrected chi connectivity index (χ4v) is 3.28. The van der Waals surface area contributed by atoms with Gasteiger partial charge in [0.15, 0.2) is 0 Å². The number of nitrogens with zero attached hydrogens (tertiary/aromatic N) is 4. The first-order valence-electron chi connectivity index (χ1n) is 8.04. The van der Waals surface area contributed by atoms with E-state index in [1.165, 1.54) is 0 Å². The molecule has 1 N–H and O–H groups in total. The van der Waals surface area contributed by atoms with E-state index >= 15 is 0 Å². The van der Waals surface area contributed by atoms with Crippen molar-refractivity contribution in [2.24, 2.45) is 0 Å². The fraction of sp³-hybridized carbons (Fsp3) is 0.278. The summed E-state index contributed by atoms with van der Waals surface area (Å²) >= 11 is 0. The second kappa shape index (κ2) is 6.05. The summed E-state index contributed by atoms with van der Waals surface area (Å²) in [5.41, 5.74) is 3.06. The van der Waals surface area contributed by atoms with Crippen molar-refractivity contribution in [3.05, 3.63) is 60.3 Å². The monoisotopic (exact) mass is 321 g/mol. The van der Waals surface area contributed by atoms with E-state index < -0.39 is 0 Å². The Morgan fingerprint density at radius 1 is 1.29 bits per heavy atom. The van der Waals surface area contributed by atoms with Crippen LogP contribution >= 0.6 is 0 Å². The maximum atomic E-state index is 12.2. The van der Waals surface area contributed by atoms with Gasteiger partial charge in [-0.25, -0.2) is 4.98 Å². The number of benzene rings is 1. The average Bonchev–Trinajstić information content (AvgIpc) is 3.08. The number of carbonyl (C=O) groups excluding carboxylic acids is 1. The lowest BCUT2D eigenvalue weighted by molar-refractivity contribution is -0.125. The van der Waals surface area contributed by atoms with Gasteiger partial charge in [-0.2, -0.15) is 0 Å². The summed E-state index contributed by atoms with van der Waals surface area (Å²) in [6, 6.07) is 12.0. The maximum Gasteiger partial charge on any atom is 0.244 e. The van der Waals surface area contributed by atoms with Gasteiger partial charge < -0.3 is 9.88 Å². The Hall–Kier alpha value is -2.73. The number of carbonyl (C=O) groups is 1. The van der Waals surface area contributed by atoms with Crippen LogP contribution in [0.3, 0.4) is 0 Å². The third-order valence-electron chi connectivity index (χ3n) is 4.49. The number of likely N-dealkylation sites (N-methyl/N-ethyl adjacent to an activating group) is 1. The molecule has 2 aromatic heterocycles. The first kappa shape index (κ1) is 14.8. The summed E-state index contributed by atoms with van der Waals surface area (Å²) in [4.78, 5) is 23.4. The third-order valence-corrected chi connectivity index (χ3v) is 4.49. The van der Waals surface area contributed by atoms with Crippen LogP contribution in [0.1, 0.15) is 17.4 Å². The molecular weight excluding hydrogens is 302 g/mol. The molecule has 6 nitrogen and oxygen atoms in total. The topological polar surface area (TPSA) is 63.1 Å². The lowest BCUT2D eigenvalue weighted by Gasteiger charge is -2.33. The summed E-state index contributed by atoms with van der Waals surface area (Å²) in [6.45, 7) is 2.13. The minimum absolute atomic E-state index is 0.00502. The summed E-state index contributed by atoms with van der Waals surface area (Å²) < 4.78 is 1.96. The van der Waals surface area contributed by atoms with Crippen LogP contribution in [0, 0.1) is 0 Å². The Labute approximate surface area is 140 Å². The van der Waals surface area contributed by atoms with Gasteiger partial charge in [-0.15, -0.1) is 0 Å². The molecule has 3 aromatic rings. The Balaban J connectivity index is 1.59. The fourth-order valence-electron chi connectivity index (χ4n) is 3.28. The molecule has 1 aromatic carbocycles. The van der Waals surface area contributed by atoms with E-state index in [0.717, 1.165) is 28.8 Å². The van der Waals surface area contributed by atoms with Crippen molar-refractivity contribution in [2.45, 2.75) is 19.1 Å². The number of pyridine rings is 1. The molecule has 6 heteroatoms. The summed E-state index contributed by atoms with van der Waals surface area (Å²) in [6.07, 6.45) is 3.57. The summed E-state index contributed by atoms with van der Waals surface area (Å²) in [5, 5.41) is 3.88. The van der Waals surface area contributed by atoms with Crippen LogP contribution in [0.4, 0.5) is 0 Å². The molecule has 122 valence electrons. The molecule has 0 fully saturated rings. The molecule has 24 heavy (non-hydrogen) atoms. The van der Waals surface area contributed by atoms with E-state index in [1.807, 2.05) is 29.0 Å². The zero-order valence-corrected chi connectivity index (χ0v) is 13.5. The highest BCUT2D eigenvalue weighted by molar-refractivity contribution is 5.80. The number of aromatic nitrogens is 3. The predicted molar refractivity (Wildman–Crippen MR) is 91.2 cm³/mol. The Kier molecular flexibility index (Phi) is 3.74. The van der Waals surface area contributed by atoms with Gasteiger partial charge in [-0.1, -0.05) is 24.3 Å². The highest BCUT2D eigenvalue weighted by atomic mass is 16.2. The van der Waals surface area contributed by atoms with E-state index in [-0.39, 0.29) is 11.9 Å². The standard InChI is InChI=1S/C18H19N5O/c1-19-18(24)17-11-22(10-15-8-20-12-23(15)17)9-14-7-6-13-4-2-3-5-16(13)21-14/h2-8,12,17H,9-11H2,1H3,(H,19,24)/t17-/m1/s1. The number of amides is 1. The first-order valence-corrected chi connectivity index (χ1v) is 8.04. The third kappa shape index (κ3) is 2.65. The van der Waals surface area contributed by atoms with Gasteiger partial charge in [0.05, 0.1) is 23.2 Å². The normalized spacial score (nSPS) is 17.6. The largest absolute Gasteiger partial charge is 0.357 e. The van der Waals surface area contributed by atoms with Gasteiger partial charge in [0.2, 0.25) is 5.91 Å². The number of para-hydroxylation sites is 1. The molecule has 1 amide bonds. The molecule has 1 atom stereocenters. The second-order valence-electron chi connectivity index (χ2n) is 6.09. The quantitative estimate of drug-likeness (QED) is 0.798. The molecule has 0 spiro atoms. The molecule has 0 bridgehead atoms. The number of hydrogen-bond donors (Lipinski definition) is 1. The molecule has 0 unspecified atom stereocenters. The molecular formula is C18H19N5O. The van der Waals surface area contributed by atoms with E-state index in [0.29, 0.717) is 13.1 Å². The zero-order valence-electron chi connectivity index (χ0n) is 13.5. The van der Waals surface area contributed by atoms with Gasteiger partial charge in [0.25, 0.3) is 0 Å². The van der Waals surface area contributed by atoms with Gasteiger partial charge in [-0.3, -0.25) is 14.7 Å². The minimum Gasteiger partial charge on any atom is -0.357 e. The van der Waals surface area contributed by atoms with Gasteiger partial charge >= 0.3 is 0 Å². The van der Waals surface area contributed by atoms with Gasteiger partial charge in [-0.05, 0) is 12.1 Å². The molecule has 1 aliphatic heterocycles. The Bertz CT molecular complexity index is 888. The number of hydrogen-bond acceptors (Lipinski definition) is 4. The molecule has 3 heterocycles. The first-order chi connectivity index (χ1) is 11.7. The van der Waals surface area contributed by atoms with Crippen molar-refractivity contribution in [2.75, 3.05) is 13.6 Å². The zero-order chi connectivity index (χ0) is 16.5. The van der Waals surface area contributed by atoms with Crippen LogP contribution in [0.15, 0.2) is 48.9 Å². The van der Waals surface area contributed by atoms with E-state index in [2.05, 4.69) is 33.4 Å². The van der Waals surface area contributed by atoms with E-state index in [4.69, 9.17) is 4.98 Å². The lowest BCUT2D eigenvalue weighted by Crippen LogP contribution is -2.43. The van der Waals surface area contributed by atoms with Crippen LogP contribution in [0.25, 0.3) is 10.9 Å². The highest BCUT2D eigenvalue weighted by Crippen LogP contribution is 2.23. The van der Waals surface area contributed by atoms with Crippen molar-refractivity contribution >= 4 is 16.8 Å². The van der Waals surface area contributed by atoms with E-state index in [1.54, 1.807) is 13.4 Å². The van der Waals surface area contributed by atoms with Crippen LogP contribution < -0.4 is 5.32 Å². The molecule has 0 saturated heterocycles. The number of rotatable bonds is 3. The second-order valence-corrected chi connectivity index (χ2v) is 6.09. The van der Waals surface area contributed by atoms with E-state index in [9.17, 15) is 4.79 Å². The molecule has 1 aliphatic rings. The summed E-state index contributed by atoms with van der Waals surface area (Å²) in [7, 11) is 1.67. The molecule has 4 rings (SSSR count). The van der Waals surface area contributed by atoms with Crippen LogP contribution in [-0.2, 0) is 17.9 Å². The SMILES string of the molecule is CNC(=O)[C@H]1CN(Cc2ccc3ccccc3n2)Cc2cncn21. The Morgan fingerprint density at radius 3 is 3.04 bits per heavy atom. The number of imidazole rings is 1. The maximum absolute atomic E-state index is 12.2. The molecule has 0 radical (unpaired) electrons. The Morgan fingerprint density at radius 2 is 2.17 bits per heavy atom. The average molecular weight is 321 g/mol. The summed E-state index contributed by atoms with van der Waals surface area (Å²) in [5.74, 6) is 0.00502. The van der Waals surface area contributed by atoms with Crippen LogP contribution in [0.5, 0.6) is 0 Å². The van der Waals surface area contributed by atoms with Crippen LogP contribution in [0.2, 0.25) is 0 Å². The highest BCUT2D eigenvalue weighted by Gasteiger charge is 2.29.